The van der Waals surface area contributed by atoms with Crippen LogP contribution >= 0.6 is 27.3 Å². The summed E-state index contributed by atoms with van der Waals surface area (Å²) in [5.41, 5.74) is 2.26. The van der Waals surface area contributed by atoms with E-state index in [0.717, 1.165) is 28.1 Å². The lowest BCUT2D eigenvalue weighted by Gasteiger charge is -2.22. The maximum absolute atomic E-state index is 4.93. The molecule has 1 aliphatic carbocycles. The van der Waals surface area contributed by atoms with Crippen LogP contribution in [0.3, 0.4) is 0 Å². The van der Waals surface area contributed by atoms with Gasteiger partial charge in [0.25, 0.3) is 0 Å². The second-order valence-corrected chi connectivity index (χ2v) is 7.75. The van der Waals surface area contributed by atoms with Gasteiger partial charge in [0.05, 0.1) is 5.69 Å². The summed E-state index contributed by atoms with van der Waals surface area (Å²) in [4.78, 5) is 10.9. The third-order valence-corrected chi connectivity index (χ3v) is 5.58. The SMILES string of the molecule is CC(C)NCC1CCCc2sc(-c3ncccc3Br)nc21. The highest BCUT2D eigenvalue weighted by Crippen LogP contribution is 2.39. The van der Waals surface area contributed by atoms with Gasteiger partial charge in [0, 0.05) is 34.1 Å². The summed E-state index contributed by atoms with van der Waals surface area (Å²) < 4.78 is 1.02. The van der Waals surface area contributed by atoms with E-state index in [4.69, 9.17) is 4.98 Å². The van der Waals surface area contributed by atoms with Crippen molar-refractivity contribution in [2.75, 3.05) is 6.54 Å². The molecule has 5 heteroatoms. The number of hydrogen-bond acceptors (Lipinski definition) is 4. The van der Waals surface area contributed by atoms with Crippen molar-refractivity contribution in [2.24, 2.45) is 0 Å². The highest BCUT2D eigenvalue weighted by atomic mass is 79.9. The second kappa shape index (κ2) is 6.55. The average Bonchev–Trinajstić information content (AvgIpc) is 2.89. The number of hydrogen-bond donors (Lipinski definition) is 1. The van der Waals surface area contributed by atoms with E-state index < -0.39 is 0 Å². The molecule has 1 N–H and O–H groups in total. The van der Waals surface area contributed by atoms with Crippen molar-refractivity contribution in [3.05, 3.63) is 33.4 Å². The highest BCUT2D eigenvalue weighted by Gasteiger charge is 2.25. The molecule has 2 aromatic rings. The number of aromatic nitrogens is 2. The molecular formula is C16H20BrN3S. The van der Waals surface area contributed by atoms with Gasteiger partial charge in [-0.05, 0) is 47.3 Å². The lowest BCUT2D eigenvalue weighted by Crippen LogP contribution is -2.29. The smallest absolute Gasteiger partial charge is 0.143 e. The molecule has 3 rings (SSSR count). The van der Waals surface area contributed by atoms with Crippen LogP contribution in [0.15, 0.2) is 22.8 Å². The number of fused-ring (bicyclic) bond motifs is 1. The van der Waals surface area contributed by atoms with E-state index in [9.17, 15) is 0 Å². The lowest BCUT2D eigenvalue weighted by molar-refractivity contribution is 0.475. The van der Waals surface area contributed by atoms with Crippen molar-refractivity contribution in [2.45, 2.75) is 45.1 Å². The van der Waals surface area contributed by atoms with Gasteiger partial charge in [-0.1, -0.05) is 13.8 Å². The Bertz CT molecular complexity index is 624. The Hall–Kier alpha value is -0.780. The summed E-state index contributed by atoms with van der Waals surface area (Å²) in [6.45, 7) is 5.42. The van der Waals surface area contributed by atoms with Gasteiger partial charge in [0.1, 0.15) is 10.7 Å². The zero-order valence-electron chi connectivity index (χ0n) is 12.4. The molecule has 2 heterocycles. The molecule has 0 saturated carbocycles. The summed E-state index contributed by atoms with van der Waals surface area (Å²) in [5, 5.41) is 4.60. The number of nitrogens with zero attached hydrogens (tertiary/aromatic N) is 2. The molecule has 0 spiro atoms. The zero-order valence-corrected chi connectivity index (χ0v) is 14.8. The van der Waals surface area contributed by atoms with Crippen LogP contribution in [0.5, 0.6) is 0 Å². The van der Waals surface area contributed by atoms with Crippen LogP contribution in [-0.4, -0.2) is 22.6 Å². The van der Waals surface area contributed by atoms with Crippen molar-refractivity contribution in [3.63, 3.8) is 0 Å². The molecule has 0 radical (unpaired) electrons. The van der Waals surface area contributed by atoms with Crippen LogP contribution in [0.4, 0.5) is 0 Å². The fraction of sp³-hybridized carbons (Fsp3) is 0.500. The standard InChI is InChI=1S/C16H20BrN3S/c1-10(2)19-9-11-5-3-7-13-14(11)20-16(21-13)15-12(17)6-4-8-18-15/h4,6,8,10-11,19H,3,5,7,9H2,1-2H3. The number of pyridine rings is 1. The van der Waals surface area contributed by atoms with Crippen LogP contribution < -0.4 is 5.32 Å². The number of rotatable bonds is 4. The van der Waals surface area contributed by atoms with Crippen molar-refractivity contribution in [1.82, 2.24) is 15.3 Å². The molecule has 0 bridgehead atoms. The normalized spacial score (nSPS) is 18.0. The van der Waals surface area contributed by atoms with Crippen LogP contribution in [-0.2, 0) is 6.42 Å². The van der Waals surface area contributed by atoms with Crippen LogP contribution in [0.2, 0.25) is 0 Å². The van der Waals surface area contributed by atoms with E-state index in [-0.39, 0.29) is 0 Å². The summed E-state index contributed by atoms with van der Waals surface area (Å²) in [5.74, 6) is 0.545. The lowest BCUT2D eigenvalue weighted by atomic mass is 9.91. The van der Waals surface area contributed by atoms with Crippen LogP contribution in [0.1, 0.15) is 43.2 Å². The third kappa shape index (κ3) is 3.35. The Balaban J connectivity index is 1.89. The molecule has 0 saturated heterocycles. The molecule has 2 aromatic heterocycles. The molecular weight excluding hydrogens is 346 g/mol. The zero-order chi connectivity index (χ0) is 14.8. The minimum Gasteiger partial charge on any atom is -0.314 e. The Morgan fingerprint density at radius 1 is 1.48 bits per heavy atom. The summed E-state index contributed by atoms with van der Waals surface area (Å²) in [7, 11) is 0. The Morgan fingerprint density at radius 2 is 2.33 bits per heavy atom. The first kappa shape index (κ1) is 15.1. The quantitative estimate of drug-likeness (QED) is 0.872. The maximum atomic E-state index is 4.93. The van der Waals surface area contributed by atoms with Gasteiger partial charge in [0.2, 0.25) is 0 Å². The molecule has 112 valence electrons. The topological polar surface area (TPSA) is 37.8 Å². The number of thiazole rings is 1. The number of halogens is 1. The van der Waals surface area contributed by atoms with Gasteiger partial charge >= 0.3 is 0 Å². The average molecular weight is 366 g/mol. The Labute approximate surface area is 138 Å². The van der Waals surface area contributed by atoms with E-state index in [1.807, 2.05) is 29.7 Å². The summed E-state index contributed by atoms with van der Waals surface area (Å²) >= 11 is 5.39. The summed E-state index contributed by atoms with van der Waals surface area (Å²) in [6, 6.07) is 4.50. The van der Waals surface area contributed by atoms with Crippen LogP contribution in [0.25, 0.3) is 10.7 Å². The van der Waals surface area contributed by atoms with E-state index in [1.165, 1.54) is 23.4 Å². The fourth-order valence-corrected chi connectivity index (χ4v) is 4.50. The third-order valence-electron chi connectivity index (χ3n) is 3.80. The molecule has 1 unspecified atom stereocenters. The summed E-state index contributed by atoms with van der Waals surface area (Å²) in [6.07, 6.45) is 5.50. The Kier molecular flexibility index (Phi) is 4.72. The number of nitrogens with one attached hydrogen (secondary N) is 1. The molecule has 0 amide bonds. The van der Waals surface area contributed by atoms with Crippen molar-refractivity contribution in [1.29, 1.82) is 0 Å². The molecule has 0 fully saturated rings. The predicted molar refractivity (Wildman–Crippen MR) is 91.9 cm³/mol. The fourth-order valence-electron chi connectivity index (χ4n) is 2.73. The van der Waals surface area contributed by atoms with Gasteiger partial charge in [-0.15, -0.1) is 11.3 Å². The molecule has 1 atom stereocenters. The molecule has 3 nitrogen and oxygen atoms in total. The van der Waals surface area contributed by atoms with E-state index >= 15 is 0 Å². The predicted octanol–water partition coefficient (Wildman–Crippen LogP) is 4.39. The molecule has 21 heavy (non-hydrogen) atoms. The minimum atomic E-state index is 0.526. The van der Waals surface area contributed by atoms with E-state index in [0.29, 0.717) is 12.0 Å². The van der Waals surface area contributed by atoms with Crippen molar-refractivity contribution in [3.8, 4) is 10.7 Å². The van der Waals surface area contributed by atoms with Gasteiger partial charge < -0.3 is 5.32 Å². The first-order chi connectivity index (χ1) is 10.1. The first-order valence-electron chi connectivity index (χ1n) is 7.49. The van der Waals surface area contributed by atoms with Gasteiger partial charge in [-0.2, -0.15) is 0 Å². The Morgan fingerprint density at radius 3 is 3.10 bits per heavy atom. The molecule has 1 aliphatic rings. The monoisotopic (exact) mass is 365 g/mol. The van der Waals surface area contributed by atoms with E-state index in [2.05, 4.69) is 40.1 Å². The van der Waals surface area contributed by atoms with Gasteiger partial charge in [-0.3, -0.25) is 4.98 Å². The largest absolute Gasteiger partial charge is 0.314 e. The van der Waals surface area contributed by atoms with E-state index in [1.54, 1.807) is 0 Å². The maximum Gasteiger partial charge on any atom is 0.143 e. The van der Waals surface area contributed by atoms with Crippen LogP contribution in [0, 0.1) is 0 Å². The van der Waals surface area contributed by atoms with Crippen molar-refractivity contribution < 1.29 is 0 Å². The second-order valence-electron chi connectivity index (χ2n) is 5.81. The molecule has 0 aromatic carbocycles. The molecule has 0 aliphatic heterocycles. The minimum absolute atomic E-state index is 0.526. The highest BCUT2D eigenvalue weighted by molar-refractivity contribution is 9.10. The van der Waals surface area contributed by atoms with Crippen molar-refractivity contribution >= 4 is 27.3 Å². The first-order valence-corrected chi connectivity index (χ1v) is 9.10. The number of aryl methyl sites for hydroxylation is 1. The van der Waals surface area contributed by atoms with Gasteiger partial charge in [0.15, 0.2) is 0 Å². The van der Waals surface area contributed by atoms with Gasteiger partial charge in [-0.25, -0.2) is 4.98 Å².